The monoisotopic (exact) mass is 563 g/mol. The van der Waals surface area contributed by atoms with Crippen molar-refractivity contribution in [3.63, 3.8) is 0 Å². The van der Waals surface area contributed by atoms with Crippen molar-refractivity contribution in [2.75, 3.05) is 19.0 Å². The lowest BCUT2D eigenvalue weighted by molar-refractivity contribution is -0.120. The van der Waals surface area contributed by atoms with Crippen molar-refractivity contribution in [2.45, 2.75) is 6.42 Å². The minimum atomic E-state index is -0.390. The van der Waals surface area contributed by atoms with Crippen LogP contribution in [0.5, 0.6) is 11.5 Å². The number of halogens is 3. The maximum absolute atomic E-state index is 12.3. The number of amides is 2. The summed E-state index contributed by atoms with van der Waals surface area (Å²) >= 11 is 15.3. The Bertz CT molecular complexity index is 1210. The van der Waals surface area contributed by atoms with Crippen molar-refractivity contribution in [1.29, 1.82) is 0 Å². The molecular formula is C24H20BrCl2N3O4. The molecule has 2 N–H and O–H groups in total. The van der Waals surface area contributed by atoms with Gasteiger partial charge < -0.3 is 14.8 Å². The van der Waals surface area contributed by atoms with Crippen LogP contribution in [0.3, 0.4) is 0 Å². The summed E-state index contributed by atoms with van der Waals surface area (Å²) in [5.74, 6) is 0.103. The first kappa shape index (κ1) is 25.6. The van der Waals surface area contributed by atoms with E-state index >= 15 is 0 Å². The Kier molecular flexibility index (Phi) is 9.33. The molecular weight excluding hydrogens is 545 g/mol. The molecule has 0 saturated heterocycles. The molecule has 0 saturated carbocycles. The summed E-state index contributed by atoms with van der Waals surface area (Å²) in [5.41, 5.74) is 4.53. The summed E-state index contributed by atoms with van der Waals surface area (Å²) in [6.45, 7) is -0.266. The third-order valence-electron chi connectivity index (χ3n) is 4.41. The van der Waals surface area contributed by atoms with Gasteiger partial charge in [-0.25, -0.2) is 5.43 Å². The Morgan fingerprint density at radius 1 is 1.03 bits per heavy atom. The second-order valence-corrected chi connectivity index (χ2v) is 8.62. The van der Waals surface area contributed by atoms with Gasteiger partial charge in [-0.3, -0.25) is 9.59 Å². The van der Waals surface area contributed by atoms with E-state index < -0.39 is 0 Å². The molecule has 0 aliphatic carbocycles. The Balaban J connectivity index is 1.59. The summed E-state index contributed by atoms with van der Waals surface area (Å²) in [6.07, 6.45) is 1.71. The number of anilines is 1. The van der Waals surface area contributed by atoms with Crippen molar-refractivity contribution < 1.29 is 19.1 Å². The lowest BCUT2D eigenvalue weighted by Crippen LogP contribution is -2.20. The summed E-state index contributed by atoms with van der Waals surface area (Å²) in [6, 6.07) is 17.5. The Morgan fingerprint density at radius 2 is 1.79 bits per heavy atom. The fourth-order valence-electron chi connectivity index (χ4n) is 2.86. The molecule has 0 aliphatic rings. The van der Waals surface area contributed by atoms with Gasteiger partial charge in [0.25, 0.3) is 5.91 Å². The number of hydrogen-bond donors (Lipinski definition) is 2. The fraction of sp³-hybridized carbons (Fsp3) is 0.125. The predicted octanol–water partition coefficient (Wildman–Crippen LogP) is 5.47. The van der Waals surface area contributed by atoms with E-state index in [2.05, 4.69) is 31.8 Å². The van der Waals surface area contributed by atoms with Gasteiger partial charge in [-0.15, -0.1) is 0 Å². The first-order valence-corrected chi connectivity index (χ1v) is 11.5. The Morgan fingerprint density at radius 3 is 2.50 bits per heavy atom. The molecule has 3 rings (SSSR count). The zero-order valence-electron chi connectivity index (χ0n) is 18.0. The molecule has 2 amide bonds. The van der Waals surface area contributed by atoms with Crippen molar-refractivity contribution in [3.05, 3.63) is 86.3 Å². The molecule has 0 bridgehead atoms. The highest BCUT2D eigenvalue weighted by molar-refractivity contribution is 9.10. The van der Waals surface area contributed by atoms with Gasteiger partial charge in [0, 0.05) is 5.69 Å². The second kappa shape index (κ2) is 12.4. The SMILES string of the molecule is COc1cc(/C=N/NC(=O)Cc2ccccc2)cc(Br)c1OCC(=O)Nc1ccc(Cl)c(Cl)c1. The zero-order valence-corrected chi connectivity index (χ0v) is 21.1. The first-order valence-electron chi connectivity index (χ1n) is 9.96. The molecule has 0 heterocycles. The highest BCUT2D eigenvalue weighted by atomic mass is 79.9. The molecule has 0 fully saturated rings. The number of hydrazone groups is 1. The number of carbonyl (C=O) groups excluding carboxylic acids is 2. The fourth-order valence-corrected chi connectivity index (χ4v) is 3.73. The molecule has 0 aromatic heterocycles. The average molecular weight is 565 g/mol. The number of rotatable bonds is 9. The molecule has 0 radical (unpaired) electrons. The van der Waals surface area contributed by atoms with Gasteiger partial charge in [0.15, 0.2) is 18.1 Å². The van der Waals surface area contributed by atoms with Crippen LogP contribution in [-0.4, -0.2) is 31.7 Å². The summed E-state index contributed by atoms with van der Waals surface area (Å²) < 4.78 is 11.6. The van der Waals surface area contributed by atoms with Crippen LogP contribution in [0.25, 0.3) is 0 Å². The van der Waals surface area contributed by atoms with Gasteiger partial charge in [-0.2, -0.15) is 5.10 Å². The number of methoxy groups -OCH3 is 1. The zero-order chi connectivity index (χ0) is 24.5. The number of nitrogens with one attached hydrogen (secondary N) is 2. The van der Waals surface area contributed by atoms with Crippen LogP contribution in [-0.2, 0) is 16.0 Å². The molecule has 34 heavy (non-hydrogen) atoms. The Hall–Kier alpha value is -3.07. The standard InChI is InChI=1S/C24H20BrCl2N3O4/c1-33-21-10-16(13-28-30-22(31)11-15-5-3-2-4-6-15)9-18(25)24(21)34-14-23(32)29-17-7-8-19(26)20(27)12-17/h2-10,12-13H,11,14H2,1H3,(H,29,32)(H,30,31)/b28-13+. The van der Waals surface area contributed by atoms with Crippen LogP contribution in [0.15, 0.2) is 70.2 Å². The van der Waals surface area contributed by atoms with E-state index in [9.17, 15) is 9.59 Å². The third kappa shape index (κ3) is 7.48. The van der Waals surface area contributed by atoms with E-state index in [1.165, 1.54) is 13.3 Å². The molecule has 0 aliphatic heterocycles. The first-order chi connectivity index (χ1) is 16.4. The quantitative estimate of drug-likeness (QED) is 0.266. The van der Waals surface area contributed by atoms with Gasteiger partial charge in [-0.1, -0.05) is 53.5 Å². The van der Waals surface area contributed by atoms with Crippen molar-refractivity contribution >= 4 is 62.8 Å². The molecule has 0 unspecified atom stereocenters. The van der Waals surface area contributed by atoms with Crippen LogP contribution >= 0.6 is 39.1 Å². The highest BCUT2D eigenvalue weighted by Crippen LogP contribution is 2.36. The van der Waals surface area contributed by atoms with Gasteiger partial charge >= 0.3 is 0 Å². The van der Waals surface area contributed by atoms with E-state index in [-0.39, 0.29) is 24.8 Å². The summed E-state index contributed by atoms with van der Waals surface area (Å²) in [4.78, 5) is 24.3. The number of hydrogen-bond acceptors (Lipinski definition) is 5. The third-order valence-corrected chi connectivity index (χ3v) is 5.74. The number of nitrogens with zero attached hydrogens (tertiary/aromatic N) is 1. The maximum Gasteiger partial charge on any atom is 0.262 e. The molecule has 3 aromatic rings. The smallest absolute Gasteiger partial charge is 0.262 e. The minimum Gasteiger partial charge on any atom is -0.493 e. The molecule has 7 nitrogen and oxygen atoms in total. The van der Waals surface area contributed by atoms with E-state index in [4.69, 9.17) is 32.7 Å². The Labute approximate surface area is 215 Å². The summed E-state index contributed by atoms with van der Waals surface area (Å²) in [7, 11) is 1.48. The van der Waals surface area contributed by atoms with Crippen LogP contribution < -0.4 is 20.2 Å². The molecule has 0 atom stereocenters. The lowest BCUT2D eigenvalue weighted by atomic mass is 10.1. The molecule has 3 aromatic carbocycles. The normalized spacial score (nSPS) is 10.7. The van der Waals surface area contributed by atoms with Crippen LogP contribution in [0.4, 0.5) is 5.69 Å². The molecule has 0 spiro atoms. The van der Waals surface area contributed by atoms with Crippen molar-refractivity contribution in [1.82, 2.24) is 5.43 Å². The van der Waals surface area contributed by atoms with Crippen molar-refractivity contribution in [3.8, 4) is 11.5 Å². The largest absolute Gasteiger partial charge is 0.493 e. The summed E-state index contributed by atoms with van der Waals surface area (Å²) in [5, 5.41) is 7.40. The van der Waals surface area contributed by atoms with E-state index in [0.717, 1.165) is 5.56 Å². The van der Waals surface area contributed by atoms with Crippen LogP contribution in [0.2, 0.25) is 10.0 Å². The minimum absolute atomic E-state index is 0.224. The van der Waals surface area contributed by atoms with Gasteiger partial charge in [0.05, 0.1) is 34.3 Å². The second-order valence-electron chi connectivity index (χ2n) is 6.96. The van der Waals surface area contributed by atoms with Crippen LogP contribution in [0.1, 0.15) is 11.1 Å². The number of ether oxygens (including phenoxy) is 2. The van der Waals surface area contributed by atoms with Gasteiger partial charge in [0.1, 0.15) is 0 Å². The molecule has 176 valence electrons. The highest BCUT2D eigenvalue weighted by Gasteiger charge is 2.14. The van der Waals surface area contributed by atoms with E-state index in [1.54, 1.807) is 30.3 Å². The predicted molar refractivity (Wildman–Crippen MR) is 137 cm³/mol. The van der Waals surface area contributed by atoms with Crippen molar-refractivity contribution in [2.24, 2.45) is 5.10 Å². The van der Waals surface area contributed by atoms with E-state index in [0.29, 0.717) is 37.3 Å². The number of carbonyl (C=O) groups is 2. The van der Waals surface area contributed by atoms with E-state index in [1.807, 2.05) is 30.3 Å². The maximum atomic E-state index is 12.3. The topological polar surface area (TPSA) is 89.0 Å². The van der Waals surface area contributed by atoms with Gasteiger partial charge in [0.2, 0.25) is 5.91 Å². The lowest BCUT2D eigenvalue weighted by Gasteiger charge is -2.13. The van der Waals surface area contributed by atoms with Gasteiger partial charge in [-0.05, 0) is 57.4 Å². The number of benzene rings is 3. The van der Waals surface area contributed by atoms with Crippen LogP contribution in [0, 0.1) is 0 Å². The molecule has 10 heteroatoms. The average Bonchev–Trinajstić information content (AvgIpc) is 2.81.